The average Bonchev–Trinajstić information content (AvgIpc) is 3.40. The molecule has 292 valence electrons. The van der Waals surface area contributed by atoms with Crippen molar-refractivity contribution in [1.29, 1.82) is 0 Å². The number of ether oxygens (including phenoxy) is 8. The molecular formula is C37H55NO13S. The van der Waals surface area contributed by atoms with Gasteiger partial charge in [-0.25, -0.2) is 0 Å². The Kier molecular flexibility index (Phi) is 21.8. The molecule has 1 saturated heterocycles. The van der Waals surface area contributed by atoms with Gasteiger partial charge >= 0.3 is 0 Å². The summed E-state index contributed by atoms with van der Waals surface area (Å²) in [6.45, 7) is 10.9. The first-order chi connectivity index (χ1) is 25.3. The summed E-state index contributed by atoms with van der Waals surface area (Å²) < 4.78 is 71.9. The van der Waals surface area contributed by atoms with E-state index in [9.17, 15) is 18.0 Å². The zero-order valence-corrected chi connectivity index (χ0v) is 31.3. The molecule has 2 aromatic rings. The van der Waals surface area contributed by atoms with Crippen molar-refractivity contribution in [3.63, 3.8) is 0 Å². The Bertz CT molecular complexity index is 1350. The number of benzene rings is 2. The zero-order chi connectivity index (χ0) is 37.3. The highest BCUT2D eigenvalue weighted by Gasteiger charge is 2.34. The second-order valence-electron chi connectivity index (χ2n) is 11.7. The van der Waals surface area contributed by atoms with Crippen LogP contribution in [0.4, 0.5) is 0 Å². The van der Waals surface area contributed by atoms with Crippen LogP contribution in [-0.2, 0) is 52.2 Å². The van der Waals surface area contributed by atoms with Crippen molar-refractivity contribution in [2.75, 3.05) is 106 Å². The number of hydrogen-bond donors (Lipinski definition) is 0. The van der Waals surface area contributed by atoms with Gasteiger partial charge in [0.2, 0.25) is 0 Å². The van der Waals surface area contributed by atoms with Crippen molar-refractivity contribution in [2.24, 2.45) is 0 Å². The summed E-state index contributed by atoms with van der Waals surface area (Å²) in [5.74, 6) is -0.525. The fourth-order valence-corrected chi connectivity index (χ4v) is 5.78. The van der Waals surface area contributed by atoms with Gasteiger partial charge in [-0.05, 0) is 56.9 Å². The number of imide groups is 1. The van der Waals surface area contributed by atoms with Gasteiger partial charge in [0, 0.05) is 13.2 Å². The van der Waals surface area contributed by atoms with Crippen LogP contribution in [0, 0.1) is 6.92 Å². The molecule has 0 spiro atoms. The normalized spacial score (nSPS) is 15.8. The topological polar surface area (TPSA) is 155 Å². The largest absolute Gasteiger partial charge is 0.379 e. The van der Waals surface area contributed by atoms with E-state index in [2.05, 4.69) is 6.92 Å². The van der Waals surface area contributed by atoms with Crippen LogP contribution in [0.1, 0.15) is 58.9 Å². The summed E-state index contributed by atoms with van der Waals surface area (Å²) in [6, 6.07) is 13.4. The SMILES string of the molecule is CCCOCCOCCOCCOS(=O)(=O)c1ccc(C)cc1.O=C1c2ccccc2C(=O)N1CCOCCOCCOCCOC1CCCCO1. The molecule has 2 aliphatic rings. The molecule has 0 aliphatic carbocycles. The van der Waals surface area contributed by atoms with Gasteiger partial charge in [0.05, 0.1) is 108 Å². The van der Waals surface area contributed by atoms with Gasteiger partial charge in [-0.3, -0.25) is 18.7 Å². The molecule has 0 bridgehead atoms. The summed E-state index contributed by atoms with van der Waals surface area (Å²) in [5, 5.41) is 0. The third-order valence-electron chi connectivity index (χ3n) is 7.62. The van der Waals surface area contributed by atoms with Gasteiger partial charge in [-0.1, -0.05) is 36.8 Å². The van der Waals surface area contributed by atoms with Crippen molar-refractivity contribution in [3.8, 4) is 0 Å². The second kappa shape index (κ2) is 26.0. The highest BCUT2D eigenvalue weighted by Crippen LogP contribution is 2.22. The number of fused-ring (bicyclic) bond motifs is 1. The predicted octanol–water partition coefficient (Wildman–Crippen LogP) is 4.04. The van der Waals surface area contributed by atoms with E-state index in [1.807, 2.05) is 6.92 Å². The van der Waals surface area contributed by atoms with Crippen molar-refractivity contribution in [1.82, 2.24) is 4.90 Å². The molecule has 2 amide bonds. The first-order valence-electron chi connectivity index (χ1n) is 17.9. The zero-order valence-electron chi connectivity index (χ0n) is 30.5. The predicted molar refractivity (Wildman–Crippen MR) is 191 cm³/mol. The lowest BCUT2D eigenvalue weighted by Crippen LogP contribution is -2.33. The lowest BCUT2D eigenvalue weighted by molar-refractivity contribution is -0.169. The molecule has 1 atom stereocenters. The maximum atomic E-state index is 12.2. The van der Waals surface area contributed by atoms with Gasteiger partial charge in [0.1, 0.15) is 0 Å². The van der Waals surface area contributed by atoms with Crippen molar-refractivity contribution < 1.29 is 60.1 Å². The first kappa shape index (κ1) is 43.6. The summed E-state index contributed by atoms with van der Waals surface area (Å²) in [7, 11) is -3.72. The van der Waals surface area contributed by atoms with E-state index in [0.29, 0.717) is 77.2 Å². The molecule has 1 fully saturated rings. The number of amides is 2. The van der Waals surface area contributed by atoms with Crippen molar-refractivity contribution >= 4 is 21.9 Å². The number of nitrogens with zero attached hydrogens (tertiary/aromatic N) is 1. The van der Waals surface area contributed by atoms with E-state index >= 15 is 0 Å². The number of aryl methyl sites for hydroxylation is 1. The molecule has 0 saturated carbocycles. The Labute approximate surface area is 308 Å². The molecule has 15 heteroatoms. The Morgan fingerprint density at radius 2 is 1.15 bits per heavy atom. The summed E-state index contributed by atoms with van der Waals surface area (Å²) in [6.07, 6.45) is 4.13. The highest BCUT2D eigenvalue weighted by atomic mass is 32.2. The summed E-state index contributed by atoms with van der Waals surface area (Å²) in [4.78, 5) is 25.8. The third kappa shape index (κ3) is 16.9. The smallest absolute Gasteiger partial charge is 0.297 e. The van der Waals surface area contributed by atoms with Crippen LogP contribution in [0.3, 0.4) is 0 Å². The Balaban J connectivity index is 0.000000289. The molecule has 14 nitrogen and oxygen atoms in total. The van der Waals surface area contributed by atoms with Crippen LogP contribution < -0.4 is 0 Å². The molecule has 0 radical (unpaired) electrons. The fraction of sp³-hybridized carbons (Fsp3) is 0.622. The van der Waals surface area contributed by atoms with Crippen LogP contribution in [0.25, 0.3) is 0 Å². The monoisotopic (exact) mass is 753 g/mol. The lowest BCUT2D eigenvalue weighted by atomic mass is 10.1. The quantitative estimate of drug-likeness (QED) is 0.0772. The van der Waals surface area contributed by atoms with E-state index < -0.39 is 10.1 Å². The van der Waals surface area contributed by atoms with Crippen molar-refractivity contribution in [3.05, 3.63) is 65.2 Å². The van der Waals surface area contributed by atoms with E-state index in [4.69, 9.17) is 42.1 Å². The Morgan fingerprint density at radius 1 is 0.654 bits per heavy atom. The summed E-state index contributed by atoms with van der Waals surface area (Å²) >= 11 is 0. The van der Waals surface area contributed by atoms with Crippen LogP contribution in [0.2, 0.25) is 0 Å². The van der Waals surface area contributed by atoms with E-state index in [1.165, 1.54) is 17.0 Å². The second-order valence-corrected chi connectivity index (χ2v) is 13.4. The van der Waals surface area contributed by atoms with Crippen LogP contribution in [0.15, 0.2) is 53.4 Å². The van der Waals surface area contributed by atoms with Gasteiger partial charge in [0.25, 0.3) is 21.9 Å². The Hall–Kier alpha value is -2.83. The average molecular weight is 754 g/mol. The third-order valence-corrected chi connectivity index (χ3v) is 8.95. The van der Waals surface area contributed by atoms with Gasteiger partial charge in [-0.2, -0.15) is 8.42 Å². The molecular weight excluding hydrogens is 698 g/mol. The van der Waals surface area contributed by atoms with Gasteiger partial charge < -0.3 is 37.9 Å². The molecule has 4 rings (SSSR count). The minimum absolute atomic E-state index is 0.0180. The molecule has 52 heavy (non-hydrogen) atoms. The van der Waals surface area contributed by atoms with Crippen molar-refractivity contribution in [2.45, 2.75) is 50.7 Å². The number of hydrogen-bond acceptors (Lipinski definition) is 13. The maximum Gasteiger partial charge on any atom is 0.297 e. The molecule has 0 aromatic heterocycles. The Morgan fingerprint density at radius 3 is 1.67 bits per heavy atom. The highest BCUT2D eigenvalue weighted by molar-refractivity contribution is 7.86. The minimum atomic E-state index is -3.72. The molecule has 2 aromatic carbocycles. The fourth-order valence-electron chi connectivity index (χ4n) is 4.88. The number of carbonyl (C=O) groups excluding carboxylic acids is 2. The summed E-state index contributed by atoms with van der Waals surface area (Å²) in [5.41, 5.74) is 1.90. The van der Waals surface area contributed by atoms with E-state index in [0.717, 1.165) is 44.5 Å². The van der Waals surface area contributed by atoms with Gasteiger partial charge in [0.15, 0.2) is 6.29 Å². The first-order valence-corrected chi connectivity index (χ1v) is 19.3. The van der Waals surface area contributed by atoms with Crippen LogP contribution in [0.5, 0.6) is 0 Å². The number of carbonyl (C=O) groups is 2. The maximum absolute atomic E-state index is 12.2. The molecule has 2 aliphatic heterocycles. The lowest BCUT2D eigenvalue weighted by Gasteiger charge is -2.22. The van der Waals surface area contributed by atoms with Gasteiger partial charge in [-0.15, -0.1) is 0 Å². The molecule has 0 N–H and O–H groups in total. The van der Waals surface area contributed by atoms with Crippen LogP contribution in [-0.4, -0.2) is 137 Å². The minimum Gasteiger partial charge on any atom is -0.379 e. The van der Waals surface area contributed by atoms with E-state index in [1.54, 1.807) is 36.4 Å². The molecule has 2 heterocycles. The standard InChI is InChI=1S/C21H29NO7.C16H26O6S/c23-20-17-5-1-2-6-18(17)21(24)22(20)8-10-25-11-12-26-13-14-27-15-16-29-19-7-3-4-9-28-19;1-3-8-19-9-10-20-11-12-21-13-14-22-23(17,18)16-6-4-15(2)5-7-16/h1-2,5-6,19H,3-4,7-16H2;4-7H,3,8-14H2,1-2H3. The molecule has 1 unspecified atom stereocenters. The van der Waals surface area contributed by atoms with E-state index in [-0.39, 0.29) is 49.4 Å². The number of rotatable bonds is 26. The van der Waals surface area contributed by atoms with Crippen LogP contribution >= 0.6 is 0 Å².